The Labute approximate surface area is 139 Å². The summed E-state index contributed by atoms with van der Waals surface area (Å²) >= 11 is 8.71. The lowest BCUT2D eigenvalue weighted by atomic mass is 10.3. The van der Waals surface area contributed by atoms with Crippen LogP contribution in [0.25, 0.3) is 0 Å². The molecule has 0 fully saturated rings. The number of ether oxygens (including phenoxy) is 1. The molecule has 0 unspecified atom stereocenters. The lowest BCUT2D eigenvalue weighted by molar-refractivity contribution is -0.384. The second-order valence-corrected chi connectivity index (χ2v) is 6.61. The number of nitro groups is 1. The maximum atomic E-state index is 11.4. The van der Waals surface area contributed by atoms with E-state index in [1.807, 2.05) is 0 Å². The van der Waals surface area contributed by atoms with Gasteiger partial charge in [0, 0.05) is 22.4 Å². The van der Waals surface area contributed by atoms with E-state index in [4.69, 9.17) is 16.3 Å². The molecule has 116 valence electrons. The van der Waals surface area contributed by atoms with Crippen LogP contribution in [0.2, 0.25) is 5.02 Å². The van der Waals surface area contributed by atoms with Crippen molar-refractivity contribution in [3.05, 3.63) is 44.4 Å². The Hall–Kier alpha value is -1.64. The molecule has 0 radical (unpaired) electrons. The molecule has 0 aliphatic heterocycles. The van der Waals surface area contributed by atoms with E-state index in [1.165, 1.54) is 35.2 Å². The number of thiazole rings is 1. The molecule has 22 heavy (non-hydrogen) atoms. The van der Waals surface area contributed by atoms with Crippen LogP contribution in [-0.2, 0) is 16.0 Å². The van der Waals surface area contributed by atoms with Crippen molar-refractivity contribution in [3.8, 4) is 0 Å². The van der Waals surface area contributed by atoms with Crippen molar-refractivity contribution in [2.45, 2.75) is 22.6 Å². The van der Waals surface area contributed by atoms with Gasteiger partial charge in [-0.3, -0.25) is 14.9 Å². The molecule has 2 aromatic rings. The summed E-state index contributed by atoms with van der Waals surface area (Å²) in [6, 6.07) is 4.27. The van der Waals surface area contributed by atoms with Gasteiger partial charge in [-0.1, -0.05) is 23.4 Å². The highest BCUT2D eigenvalue weighted by molar-refractivity contribution is 8.01. The Balaban J connectivity index is 2.07. The van der Waals surface area contributed by atoms with Gasteiger partial charge in [-0.05, 0) is 13.0 Å². The molecule has 0 aliphatic carbocycles. The topological polar surface area (TPSA) is 82.3 Å². The number of halogens is 1. The van der Waals surface area contributed by atoms with Crippen LogP contribution >= 0.6 is 34.7 Å². The summed E-state index contributed by atoms with van der Waals surface area (Å²) in [5, 5.41) is 12.7. The molecule has 0 bridgehead atoms. The summed E-state index contributed by atoms with van der Waals surface area (Å²) < 4.78 is 5.57. The Morgan fingerprint density at radius 2 is 2.32 bits per heavy atom. The van der Waals surface area contributed by atoms with Crippen molar-refractivity contribution in [2.75, 3.05) is 6.61 Å². The van der Waals surface area contributed by atoms with Gasteiger partial charge in [0.05, 0.1) is 28.7 Å². The normalized spacial score (nSPS) is 10.5. The highest BCUT2D eigenvalue weighted by atomic mass is 35.5. The average molecular weight is 359 g/mol. The van der Waals surface area contributed by atoms with Crippen LogP contribution < -0.4 is 0 Å². The number of nitrogens with zero attached hydrogens (tertiary/aromatic N) is 2. The van der Waals surface area contributed by atoms with Crippen LogP contribution in [0.3, 0.4) is 0 Å². The zero-order chi connectivity index (χ0) is 16.1. The van der Waals surface area contributed by atoms with Crippen molar-refractivity contribution < 1.29 is 14.5 Å². The Kier molecular flexibility index (Phi) is 5.76. The van der Waals surface area contributed by atoms with Gasteiger partial charge in [0.1, 0.15) is 0 Å². The number of esters is 1. The van der Waals surface area contributed by atoms with Crippen LogP contribution in [0.5, 0.6) is 0 Å². The second kappa shape index (κ2) is 7.57. The van der Waals surface area contributed by atoms with E-state index in [2.05, 4.69) is 4.98 Å². The van der Waals surface area contributed by atoms with E-state index in [-0.39, 0.29) is 18.1 Å². The monoisotopic (exact) mass is 358 g/mol. The lowest BCUT2D eigenvalue weighted by Gasteiger charge is -2.01. The molecule has 9 heteroatoms. The zero-order valence-electron chi connectivity index (χ0n) is 11.4. The van der Waals surface area contributed by atoms with Crippen LogP contribution in [0.4, 0.5) is 5.69 Å². The smallest absolute Gasteiger partial charge is 0.311 e. The fourth-order valence-electron chi connectivity index (χ4n) is 1.56. The minimum atomic E-state index is -0.499. The van der Waals surface area contributed by atoms with Crippen LogP contribution in [0.15, 0.2) is 32.8 Å². The SMILES string of the molecule is CCOC(=O)Cc1csc(Sc2ccc([N+](=O)[O-])cc2Cl)n1. The number of hydrogen-bond donors (Lipinski definition) is 0. The summed E-state index contributed by atoms with van der Waals surface area (Å²) in [5.41, 5.74) is 0.570. The van der Waals surface area contributed by atoms with Crippen molar-refractivity contribution >= 4 is 46.4 Å². The highest BCUT2D eigenvalue weighted by Gasteiger charge is 2.13. The Morgan fingerprint density at radius 1 is 1.55 bits per heavy atom. The maximum Gasteiger partial charge on any atom is 0.311 e. The summed E-state index contributed by atoms with van der Waals surface area (Å²) in [6.07, 6.45) is 0.124. The molecule has 0 N–H and O–H groups in total. The van der Waals surface area contributed by atoms with E-state index in [1.54, 1.807) is 18.4 Å². The molecule has 1 aromatic carbocycles. The first kappa shape index (κ1) is 16.7. The summed E-state index contributed by atoms with van der Waals surface area (Å²) in [5.74, 6) is -0.322. The van der Waals surface area contributed by atoms with Crippen molar-refractivity contribution in [2.24, 2.45) is 0 Å². The molecule has 0 atom stereocenters. The zero-order valence-corrected chi connectivity index (χ0v) is 13.8. The summed E-state index contributed by atoms with van der Waals surface area (Å²) in [4.78, 5) is 26.5. The van der Waals surface area contributed by atoms with E-state index in [0.717, 1.165) is 0 Å². The number of hydrogen-bond acceptors (Lipinski definition) is 7. The first-order valence-electron chi connectivity index (χ1n) is 6.21. The second-order valence-electron chi connectivity index (χ2n) is 4.06. The first-order valence-corrected chi connectivity index (χ1v) is 8.28. The van der Waals surface area contributed by atoms with Crippen molar-refractivity contribution in [3.63, 3.8) is 0 Å². The molecule has 0 aliphatic rings. The predicted octanol–water partition coefficient (Wildman–Crippen LogP) is 3.96. The molecular weight excluding hydrogens is 348 g/mol. The van der Waals surface area contributed by atoms with Crippen molar-refractivity contribution in [1.29, 1.82) is 0 Å². The third kappa shape index (κ3) is 4.43. The Bertz CT molecular complexity index is 705. The van der Waals surface area contributed by atoms with E-state index >= 15 is 0 Å². The van der Waals surface area contributed by atoms with Crippen LogP contribution in [-0.4, -0.2) is 22.5 Å². The molecule has 0 saturated carbocycles. The fourth-order valence-corrected chi connectivity index (χ4v) is 3.64. The predicted molar refractivity (Wildman–Crippen MR) is 84.7 cm³/mol. The van der Waals surface area contributed by atoms with Gasteiger partial charge in [0.15, 0.2) is 4.34 Å². The van der Waals surface area contributed by atoms with Gasteiger partial charge in [-0.25, -0.2) is 4.98 Å². The maximum absolute atomic E-state index is 11.4. The molecular formula is C13H11ClN2O4S2. The molecule has 0 spiro atoms. The van der Waals surface area contributed by atoms with Gasteiger partial charge >= 0.3 is 5.97 Å². The molecule has 1 heterocycles. The minimum absolute atomic E-state index is 0.0588. The number of aromatic nitrogens is 1. The summed E-state index contributed by atoms with van der Waals surface area (Å²) in [7, 11) is 0. The van der Waals surface area contributed by atoms with Gasteiger partial charge in [0.2, 0.25) is 0 Å². The number of carbonyl (C=O) groups is 1. The number of nitro benzene ring substituents is 1. The molecule has 2 rings (SSSR count). The van der Waals surface area contributed by atoms with Gasteiger partial charge in [-0.2, -0.15) is 0 Å². The average Bonchev–Trinajstić information content (AvgIpc) is 2.88. The molecule has 6 nitrogen and oxygen atoms in total. The van der Waals surface area contributed by atoms with E-state index in [9.17, 15) is 14.9 Å². The minimum Gasteiger partial charge on any atom is -0.466 e. The quantitative estimate of drug-likeness (QED) is 0.441. The third-order valence-electron chi connectivity index (χ3n) is 2.49. The van der Waals surface area contributed by atoms with Gasteiger partial charge < -0.3 is 4.74 Å². The first-order chi connectivity index (χ1) is 10.5. The van der Waals surface area contributed by atoms with Gasteiger partial charge in [0.25, 0.3) is 5.69 Å². The Morgan fingerprint density at radius 3 is 2.95 bits per heavy atom. The molecule has 0 amide bonds. The number of carbonyl (C=O) groups excluding carboxylic acids is 1. The number of non-ortho nitro benzene ring substituents is 1. The van der Waals surface area contributed by atoms with Crippen molar-refractivity contribution in [1.82, 2.24) is 4.98 Å². The van der Waals surface area contributed by atoms with Gasteiger partial charge in [-0.15, -0.1) is 11.3 Å². The molecule has 0 saturated heterocycles. The number of benzene rings is 1. The third-order valence-corrected chi connectivity index (χ3v) is 4.97. The lowest BCUT2D eigenvalue weighted by Crippen LogP contribution is -2.07. The largest absolute Gasteiger partial charge is 0.466 e. The van der Waals surface area contributed by atoms with E-state index in [0.29, 0.717) is 26.6 Å². The number of rotatable bonds is 6. The summed E-state index contributed by atoms with van der Waals surface area (Å²) in [6.45, 7) is 2.08. The van der Waals surface area contributed by atoms with Crippen LogP contribution in [0, 0.1) is 10.1 Å². The fraction of sp³-hybridized carbons (Fsp3) is 0.231. The standard InChI is InChI=1S/C13H11ClN2O4S2/c1-2-20-12(17)5-8-7-21-13(15-8)22-11-4-3-9(16(18)19)6-10(11)14/h3-4,6-7H,2,5H2,1H3. The highest BCUT2D eigenvalue weighted by Crippen LogP contribution is 2.36. The molecule has 1 aromatic heterocycles. The van der Waals surface area contributed by atoms with Crippen LogP contribution in [0.1, 0.15) is 12.6 Å². The van der Waals surface area contributed by atoms with E-state index < -0.39 is 4.92 Å².